The lowest BCUT2D eigenvalue weighted by Crippen LogP contribution is -2.20. The minimum Gasteiger partial charge on any atom is -0.348 e. The molecule has 0 saturated heterocycles. The number of hydrogen-bond donors (Lipinski definition) is 2. The first-order valence-corrected chi connectivity index (χ1v) is 8.10. The Bertz CT molecular complexity index is 676. The molecule has 2 rings (SSSR count). The summed E-state index contributed by atoms with van der Waals surface area (Å²) in [5.41, 5.74) is 2.30. The Labute approximate surface area is 119 Å². The van der Waals surface area contributed by atoms with Gasteiger partial charge in [0.25, 0.3) is 0 Å². The maximum absolute atomic E-state index is 11.6. The fraction of sp³-hybridized carbons (Fsp3) is 0.357. The highest BCUT2D eigenvalue weighted by Gasteiger charge is 2.25. The molecule has 0 radical (unpaired) electrons. The van der Waals surface area contributed by atoms with Crippen LogP contribution in [0.5, 0.6) is 0 Å². The van der Waals surface area contributed by atoms with Crippen LogP contribution in [-0.4, -0.2) is 24.1 Å². The summed E-state index contributed by atoms with van der Waals surface area (Å²) >= 11 is 0. The van der Waals surface area contributed by atoms with Crippen LogP contribution in [0.25, 0.3) is 0 Å². The van der Waals surface area contributed by atoms with E-state index in [0.717, 1.165) is 11.3 Å². The van der Waals surface area contributed by atoms with Crippen LogP contribution in [0.1, 0.15) is 32.0 Å². The second-order valence-electron chi connectivity index (χ2n) is 5.18. The minimum absolute atomic E-state index is 0.0567. The molecule has 0 fully saturated rings. The van der Waals surface area contributed by atoms with Gasteiger partial charge in [0, 0.05) is 23.0 Å². The van der Waals surface area contributed by atoms with Crippen LogP contribution in [0.4, 0.5) is 5.69 Å². The predicted octanol–water partition coefficient (Wildman–Crippen LogP) is 2.50. The van der Waals surface area contributed by atoms with Gasteiger partial charge in [0.15, 0.2) is 0 Å². The molecule has 0 amide bonds. The summed E-state index contributed by atoms with van der Waals surface area (Å²) in [7, 11) is -3.26. The van der Waals surface area contributed by atoms with Gasteiger partial charge in [-0.1, -0.05) is 26.0 Å². The Morgan fingerprint density at radius 2 is 2.10 bits per heavy atom. The Hall–Kier alpha value is -1.82. The van der Waals surface area contributed by atoms with Crippen molar-refractivity contribution in [3.8, 4) is 0 Å². The number of hydrogen-bond acceptors (Lipinski definition) is 3. The summed E-state index contributed by atoms with van der Waals surface area (Å²) in [6.45, 7) is 5.74. The number of nitrogens with zero attached hydrogens (tertiary/aromatic N) is 1. The summed E-state index contributed by atoms with van der Waals surface area (Å²) < 4.78 is 25.8. The maximum atomic E-state index is 11.6. The summed E-state index contributed by atoms with van der Waals surface area (Å²) in [6, 6.07) is 7.43. The van der Waals surface area contributed by atoms with Gasteiger partial charge in [-0.25, -0.2) is 13.4 Å². The van der Waals surface area contributed by atoms with Crippen LogP contribution < -0.4 is 4.72 Å². The van der Waals surface area contributed by atoms with Gasteiger partial charge in [-0.3, -0.25) is 4.72 Å². The third-order valence-corrected chi connectivity index (χ3v) is 4.72. The van der Waals surface area contributed by atoms with E-state index in [-0.39, 0.29) is 11.2 Å². The average Bonchev–Trinajstić information content (AvgIpc) is 2.93. The number of sulfonamides is 1. The average molecular weight is 293 g/mol. The number of rotatable bonds is 5. The quantitative estimate of drug-likeness (QED) is 0.889. The fourth-order valence-electron chi connectivity index (χ4n) is 1.98. The number of aromatic nitrogens is 2. The molecule has 0 atom stereocenters. The second kappa shape index (κ2) is 5.28. The van der Waals surface area contributed by atoms with Crippen molar-refractivity contribution in [3.05, 3.63) is 48.0 Å². The van der Waals surface area contributed by atoms with Gasteiger partial charge in [0.05, 0.1) is 12.1 Å². The van der Waals surface area contributed by atoms with Gasteiger partial charge in [0.1, 0.15) is 0 Å². The SMILES string of the molecule is CCS(=O)(=O)Nc1cccc(C(C)(C)c2cnc[nH]2)c1. The van der Waals surface area contributed by atoms with Gasteiger partial charge >= 0.3 is 0 Å². The van der Waals surface area contributed by atoms with E-state index >= 15 is 0 Å². The van der Waals surface area contributed by atoms with Crippen molar-refractivity contribution in [2.75, 3.05) is 10.5 Å². The largest absolute Gasteiger partial charge is 0.348 e. The molecular weight excluding hydrogens is 274 g/mol. The van der Waals surface area contributed by atoms with Crippen LogP contribution in [0.2, 0.25) is 0 Å². The monoisotopic (exact) mass is 293 g/mol. The van der Waals surface area contributed by atoms with E-state index in [9.17, 15) is 8.42 Å². The lowest BCUT2D eigenvalue weighted by molar-refractivity contribution is 0.602. The van der Waals surface area contributed by atoms with E-state index < -0.39 is 10.0 Å². The Balaban J connectivity index is 2.35. The molecule has 5 nitrogen and oxygen atoms in total. The zero-order valence-corrected chi connectivity index (χ0v) is 12.7. The molecule has 2 N–H and O–H groups in total. The Kier molecular flexibility index (Phi) is 3.85. The molecule has 0 aliphatic rings. The fourth-order valence-corrected chi connectivity index (χ4v) is 2.61. The van der Waals surface area contributed by atoms with Crippen molar-refractivity contribution in [1.29, 1.82) is 0 Å². The first-order chi connectivity index (χ1) is 9.35. The van der Waals surface area contributed by atoms with Crippen molar-refractivity contribution in [3.63, 3.8) is 0 Å². The molecule has 1 aromatic carbocycles. The number of benzene rings is 1. The third-order valence-electron chi connectivity index (χ3n) is 3.41. The van der Waals surface area contributed by atoms with E-state index in [0.29, 0.717) is 5.69 Å². The molecule has 0 aliphatic carbocycles. The number of H-pyrrole nitrogens is 1. The van der Waals surface area contributed by atoms with Gasteiger partial charge in [-0.05, 0) is 24.6 Å². The topological polar surface area (TPSA) is 74.8 Å². The van der Waals surface area contributed by atoms with Crippen molar-refractivity contribution in [2.24, 2.45) is 0 Å². The third kappa shape index (κ3) is 3.01. The number of nitrogens with one attached hydrogen (secondary N) is 2. The van der Waals surface area contributed by atoms with Crippen LogP contribution in [0.15, 0.2) is 36.8 Å². The summed E-state index contributed by atoms with van der Waals surface area (Å²) in [5, 5.41) is 0. The van der Waals surface area contributed by atoms with Crippen LogP contribution >= 0.6 is 0 Å². The second-order valence-corrected chi connectivity index (χ2v) is 7.19. The molecule has 108 valence electrons. The highest BCUT2D eigenvalue weighted by Crippen LogP contribution is 2.31. The summed E-state index contributed by atoms with van der Waals surface area (Å²) in [5.74, 6) is 0.0567. The van der Waals surface area contributed by atoms with Crippen molar-refractivity contribution >= 4 is 15.7 Å². The smallest absolute Gasteiger partial charge is 0.232 e. The highest BCUT2D eigenvalue weighted by molar-refractivity contribution is 7.92. The van der Waals surface area contributed by atoms with Crippen LogP contribution in [-0.2, 0) is 15.4 Å². The van der Waals surface area contributed by atoms with Crippen LogP contribution in [0, 0.1) is 0 Å². The molecular formula is C14H19N3O2S. The minimum atomic E-state index is -3.26. The van der Waals surface area contributed by atoms with Crippen LogP contribution in [0.3, 0.4) is 0 Å². The zero-order valence-electron chi connectivity index (χ0n) is 11.8. The van der Waals surface area contributed by atoms with Crippen molar-refractivity contribution < 1.29 is 8.42 Å². The molecule has 20 heavy (non-hydrogen) atoms. The standard InChI is InChI=1S/C14H19N3O2S/c1-4-20(18,19)17-12-7-5-6-11(8-12)14(2,3)13-9-15-10-16-13/h5-10,17H,4H2,1-3H3,(H,15,16). The van der Waals surface area contributed by atoms with Gasteiger partial charge in [0.2, 0.25) is 10.0 Å². The molecule has 2 aromatic rings. The van der Waals surface area contributed by atoms with E-state index in [1.54, 1.807) is 25.5 Å². The maximum Gasteiger partial charge on any atom is 0.232 e. The molecule has 6 heteroatoms. The van der Waals surface area contributed by atoms with E-state index in [1.165, 1.54) is 0 Å². The molecule has 0 aliphatic heterocycles. The first kappa shape index (κ1) is 14.6. The van der Waals surface area contributed by atoms with Gasteiger partial charge < -0.3 is 4.98 Å². The van der Waals surface area contributed by atoms with Gasteiger partial charge in [-0.2, -0.15) is 0 Å². The van der Waals surface area contributed by atoms with Crippen molar-refractivity contribution in [2.45, 2.75) is 26.2 Å². The summed E-state index contributed by atoms with van der Waals surface area (Å²) in [6.07, 6.45) is 3.42. The first-order valence-electron chi connectivity index (χ1n) is 6.45. The van der Waals surface area contributed by atoms with Gasteiger partial charge in [-0.15, -0.1) is 0 Å². The molecule has 0 saturated carbocycles. The highest BCUT2D eigenvalue weighted by atomic mass is 32.2. The lowest BCUT2D eigenvalue weighted by Gasteiger charge is -2.24. The number of aromatic amines is 1. The van der Waals surface area contributed by atoms with Crippen molar-refractivity contribution in [1.82, 2.24) is 9.97 Å². The number of imidazole rings is 1. The molecule has 0 spiro atoms. The Morgan fingerprint density at radius 3 is 2.70 bits per heavy atom. The molecule has 0 unspecified atom stereocenters. The zero-order chi connectivity index (χ0) is 14.8. The lowest BCUT2D eigenvalue weighted by atomic mass is 9.82. The molecule has 1 aromatic heterocycles. The predicted molar refractivity (Wildman–Crippen MR) is 80.2 cm³/mol. The number of anilines is 1. The summed E-state index contributed by atoms with van der Waals surface area (Å²) in [4.78, 5) is 7.15. The van der Waals surface area contributed by atoms with E-state index in [1.807, 2.05) is 18.2 Å². The van der Waals surface area contributed by atoms with E-state index in [2.05, 4.69) is 28.5 Å². The molecule has 0 bridgehead atoms. The van der Waals surface area contributed by atoms with E-state index in [4.69, 9.17) is 0 Å². The normalized spacial score (nSPS) is 12.3. The Morgan fingerprint density at radius 1 is 1.35 bits per heavy atom. The molecule has 1 heterocycles.